The van der Waals surface area contributed by atoms with E-state index in [2.05, 4.69) is 22.5 Å². The van der Waals surface area contributed by atoms with E-state index in [0.717, 1.165) is 15.6 Å². The van der Waals surface area contributed by atoms with Gasteiger partial charge in [0.1, 0.15) is 5.76 Å². The Balaban J connectivity index is 3.23. The van der Waals surface area contributed by atoms with Crippen molar-refractivity contribution in [3.05, 3.63) is 40.4 Å². The van der Waals surface area contributed by atoms with E-state index in [0.29, 0.717) is 0 Å². The average Bonchev–Trinajstić information content (AvgIpc) is 1.94. The second kappa shape index (κ2) is 3.09. The van der Waals surface area contributed by atoms with Crippen molar-refractivity contribution in [2.45, 2.75) is 6.92 Å². The third-order valence-electron chi connectivity index (χ3n) is 1.51. The molecule has 0 bridgehead atoms. The SMILES string of the molecule is C=C(O)c1cc(Br)ccc1C. The number of benzene rings is 1. The van der Waals surface area contributed by atoms with Gasteiger partial charge in [0.15, 0.2) is 0 Å². The molecule has 0 saturated carbocycles. The summed E-state index contributed by atoms with van der Waals surface area (Å²) in [6.45, 7) is 5.40. The normalized spacial score (nSPS) is 9.64. The Bertz CT molecular complexity index is 292. The van der Waals surface area contributed by atoms with Crippen LogP contribution >= 0.6 is 15.9 Å². The van der Waals surface area contributed by atoms with Gasteiger partial charge in [-0.25, -0.2) is 0 Å². The lowest BCUT2D eigenvalue weighted by molar-refractivity contribution is 0.513. The Morgan fingerprint density at radius 3 is 2.64 bits per heavy atom. The molecule has 0 aliphatic carbocycles. The molecular weight excluding hydrogens is 204 g/mol. The zero-order valence-electron chi connectivity index (χ0n) is 6.26. The molecule has 2 heteroatoms. The lowest BCUT2D eigenvalue weighted by Crippen LogP contribution is -1.85. The molecule has 11 heavy (non-hydrogen) atoms. The molecule has 0 fully saturated rings. The lowest BCUT2D eigenvalue weighted by Gasteiger charge is -2.03. The summed E-state index contributed by atoms with van der Waals surface area (Å²) in [6.07, 6.45) is 0. The summed E-state index contributed by atoms with van der Waals surface area (Å²) in [4.78, 5) is 0. The van der Waals surface area contributed by atoms with Gasteiger partial charge in [-0.05, 0) is 24.6 Å². The van der Waals surface area contributed by atoms with Crippen molar-refractivity contribution in [3.8, 4) is 0 Å². The van der Waals surface area contributed by atoms with Crippen LogP contribution in [0, 0.1) is 6.92 Å². The molecule has 0 aromatic heterocycles. The zero-order chi connectivity index (χ0) is 8.43. The van der Waals surface area contributed by atoms with Crippen molar-refractivity contribution in [2.75, 3.05) is 0 Å². The predicted molar refractivity (Wildman–Crippen MR) is 50.5 cm³/mol. The molecule has 0 aliphatic rings. The fourth-order valence-electron chi connectivity index (χ4n) is 0.905. The first-order valence-electron chi connectivity index (χ1n) is 3.25. The van der Waals surface area contributed by atoms with Crippen LogP contribution in [0.3, 0.4) is 0 Å². The lowest BCUT2D eigenvalue weighted by atomic mass is 10.1. The number of aliphatic hydroxyl groups is 1. The van der Waals surface area contributed by atoms with Gasteiger partial charge in [-0.15, -0.1) is 0 Å². The highest BCUT2D eigenvalue weighted by Gasteiger charge is 2.00. The molecule has 0 unspecified atom stereocenters. The zero-order valence-corrected chi connectivity index (χ0v) is 7.85. The van der Waals surface area contributed by atoms with E-state index in [4.69, 9.17) is 5.11 Å². The van der Waals surface area contributed by atoms with Crippen LogP contribution in [0.5, 0.6) is 0 Å². The van der Waals surface area contributed by atoms with Crippen LogP contribution in [-0.4, -0.2) is 5.11 Å². The average molecular weight is 213 g/mol. The van der Waals surface area contributed by atoms with E-state index in [9.17, 15) is 0 Å². The molecule has 1 aromatic carbocycles. The minimum Gasteiger partial charge on any atom is -0.508 e. The molecule has 1 nitrogen and oxygen atoms in total. The Labute approximate surface area is 74.5 Å². The smallest absolute Gasteiger partial charge is 0.115 e. The predicted octanol–water partition coefficient (Wildman–Crippen LogP) is 3.29. The van der Waals surface area contributed by atoms with Crippen LogP contribution in [0.15, 0.2) is 29.3 Å². The standard InChI is InChI=1S/C9H9BrO/c1-6-3-4-8(10)5-9(6)7(2)11/h3-5,11H,2H2,1H3. The van der Waals surface area contributed by atoms with E-state index < -0.39 is 0 Å². The maximum atomic E-state index is 9.11. The minimum atomic E-state index is 0.115. The number of rotatable bonds is 1. The number of aryl methyl sites for hydroxylation is 1. The van der Waals surface area contributed by atoms with Gasteiger partial charge in [0.25, 0.3) is 0 Å². The second-order valence-corrected chi connectivity index (χ2v) is 3.32. The molecule has 0 saturated heterocycles. The largest absolute Gasteiger partial charge is 0.508 e. The van der Waals surface area contributed by atoms with Crippen LogP contribution in [0.4, 0.5) is 0 Å². The molecule has 0 amide bonds. The van der Waals surface area contributed by atoms with Gasteiger partial charge in [0.2, 0.25) is 0 Å². The highest BCUT2D eigenvalue weighted by atomic mass is 79.9. The summed E-state index contributed by atoms with van der Waals surface area (Å²) in [7, 11) is 0. The summed E-state index contributed by atoms with van der Waals surface area (Å²) in [5.74, 6) is 0.115. The van der Waals surface area contributed by atoms with Gasteiger partial charge in [0.05, 0.1) is 0 Å². The van der Waals surface area contributed by atoms with Gasteiger partial charge in [-0.2, -0.15) is 0 Å². The summed E-state index contributed by atoms with van der Waals surface area (Å²) in [6, 6.07) is 5.71. The molecule has 1 aromatic rings. The minimum absolute atomic E-state index is 0.115. The third kappa shape index (κ3) is 1.84. The molecular formula is C9H9BrO. The summed E-state index contributed by atoms with van der Waals surface area (Å²) in [5, 5.41) is 9.11. The summed E-state index contributed by atoms with van der Waals surface area (Å²) in [5.41, 5.74) is 1.82. The Morgan fingerprint density at radius 1 is 1.55 bits per heavy atom. The highest BCUT2D eigenvalue weighted by molar-refractivity contribution is 9.10. The molecule has 0 atom stereocenters. The van der Waals surface area contributed by atoms with Crippen LogP contribution in [0.2, 0.25) is 0 Å². The van der Waals surface area contributed by atoms with Gasteiger partial charge in [-0.3, -0.25) is 0 Å². The van der Waals surface area contributed by atoms with Crippen molar-refractivity contribution in [1.82, 2.24) is 0 Å². The first kappa shape index (κ1) is 8.34. The van der Waals surface area contributed by atoms with E-state index in [1.165, 1.54) is 0 Å². The fourth-order valence-corrected chi connectivity index (χ4v) is 1.27. The van der Waals surface area contributed by atoms with Gasteiger partial charge in [-0.1, -0.05) is 28.6 Å². The maximum Gasteiger partial charge on any atom is 0.115 e. The van der Waals surface area contributed by atoms with Crippen molar-refractivity contribution < 1.29 is 5.11 Å². The number of halogens is 1. The van der Waals surface area contributed by atoms with Gasteiger partial charge >= 0.3 is 0 Å². The quantitative estimate of drug-likeness (QED) is 0.709. The van der Waals surface area contributed by atoms with Gasteiger partial charge < -0.3 is 5.11 Å². The number of hydrogen-bond donors (Lipinski definition) is 1. The maximum absolute atomic E-state index is 9.11. The van der Waals surface area contributed by atoms with Crippen molar-refractivity contribution in [2.24, 2.45) is 0 Å². The molecule has 0 spiro atoms. The Kier molecular flexibility index (Phi) is 2.35. The van der Waals surface area contributed by atoms with E-state index in [1.54, 1.807) is 0 Å². The first-order valence-corrected chi connectivity index (χ1v) is 4.05. The van der Waals surface area contributed by atoms with E-state index in [1.807, 2.05) is 25.1 Å². The molecule has 58 valence electrons. The third-order valence-corrected chi connectivity index (χ3v) is 2.00. The van der Waals surface area contributed by atoms with Crippen molar-refractivity contribution in [3.63, 3.8) is 0 Å². The van der Waals surface area contributed by atoms with Gasteiger partial charge in [0, 0.05) is 10.0 Å². The van der Waals surface area contributed by atoms with Crippen molar-refractivity contribution >= 4 is 21.7 Å². The van der Waals surface area contributed by atoms with E-state index >= 15 is 0 Å². The Morgan fingerprint density at radius 2 is 2.18 bits per heavy atom. The molecule has 0 radical (unpaired) electrons. The fraction of sp³-hybridized carbons (Fsp3) is 0.111. The Hall–Kier alpha value is -0.760. The number of aliphatic hydroxyl groups excluding tert-OH is 1. The molecule has 1 rings (SSSR count). The topological polar surface area (TPSA) is 20.2 Å². The van der Waals surface area contributed by atoms with E-state index in [-0.39, 0.29) is 5.76 Å². The molecule has 1 N–H and O–H groups in total. The van der Waals surface area contributed by atoms with Crippen LogP contribution < -0.4 is 0 Å². The van der Waals surface area contributed by atoms with Crippen LogP contribution in [0.25, 0.3) is 5.76 Å². The van der Waals surface area contributed by atoms with Crippen molar-refractivity contribution in [1.29, 1.82) is 0 Å². The molecule has 0 aliphatic heterocycles. The monoisotopic (exact) mass is 212 g/mol. The number of hydrogen-bond acceptors (Lipinski definition) is 1. The molecule has 0 heterocycles. The second-order valence-electron chi connectivity index (χ2n) is 2.41. The first-order chi connectivity index (χ1) is 5.11. The highest BCUT2D eigenvalue weighted by Crippen LogP contribution is 2.20. The van der Waals surface area contributed by atoms with Crippen LogP contribution in [-0.2, 0) is 0 Å². The summed E-state index contributed by atoms with van der Waals surface area (Å²) >= 11 is 3.31. The summed E-state index contributed by atoms with van der Waals surface area (Å²) < 4.78 is 0.952. The van der Waals surface area contributed by atoms with Crippen LogP contribution in [0.1, 0.15) is 11.1 Å².